The first-order valence-corrected chi connectivity index (χ1v) is 12.4. The van der Waals surface area contributed by atoms with E-state index in [9.17, 15) is 35.9 Å². The van der Waals surface area contributed by atoms with Crippen molar-refractivity contribution in [1.29, 1.82) is 0 Å². The summed E-state index contributed by atoms with van der Waals surface area (Å²) in [7, 11) is 0. The summed E-state index contributed by atoms with van der Waals surface area (Å²) in [4.78, 5) is 25.6. The molecule has 220 valence electrons. The van der Waals surface area contributed by atoms with Gasteiger partial charge >= 0.3 is 12.4 Å². The number of nitrogens with one attached hydrogen (secondary N) is 1. The van der Waals surface area contributed by atoms with E-state index in [1.807, 2.05) is 0 Å². The summed E-state index contributed by atoms with van der Waals surface area (Å²) in [5.74, 6) is -2.14. The third-order valence-corrected chi connectivity index (χ3v) is 6.60. The van der Waals surface area contributed by atoms with Crippen molar-refractivity contribution in [3.8, 4) is 5.75 Å². The van der Waals surface area contributed by atoms with Gasteiger partial charge in [-0.3, -0.25) is 9.59 Å². The number of alkyl halides is 6. The molecule has 0 saturated carbocycles. The van der Waals surface area contributed by atoms with Gasteiger partial charge in [-0.25, -0.2) is 5.01 Å². The molecular formula is C27H26F6N4O4. The van der Waals surface area contributed by atoms with Crippen molar-refractivity contribution >= 4 is 23.3 Å². The molecule has 0 saturated heterocycles. The Morgan fingerprint density at radius 2 is 1.73 bits per heavy atom. The number of hydrazone groups is 1. The second-order valence-electron chi connectivity index (χ2n) is 9.65. The van der Waals surface area contributed by atoms with Crippen LogP contribution in [-0.2, 0) is 19.9 Å². The molecule has 14 heteroatoms. The summed E-state index contributed by atoms with van der Waals surface area (Å²) in [6.07, 6.45) is -13.1. The Morgan fingerprint density at radius 3 is 2.29 bits per heavy atom. The second kappa shape index (κ2) is 11.0. The smallest absolute Gasteiger partial charge is 0.416 e. The van der Waals surface area contributed by atoms with Crippen LogP contribution in [0.2, 0.25) is 0 Å². The van der Waals surface area contributed by atoms with Crippen LogP contribution in [0.25, 0.3) is 5.57 Å². The molecule has 0 radical (unpaired) electrons. The number of amides is 2. The molecule has 3 N–H and O–H groups in total. The maximum atomic E-state index is 14.9. The summed E-state index contributed by atoms with van der Waals surface area (Å²) in [6, 6.07) is 11.0. The van der Waals surface area contributed by atoms with Crippen molar-refractivity contribution in [2.75, 3.05) is 6.61 Å². The van der Waals surface area contributed by atoms with E-state index in [0.717, 1.165) is 22.7 Å². The van der Waals surface area contributed by atoms with Crippen LogP contribution in [0.4, 0.5) is 26.3 Å². The maximum Gasteiger partial charge on any atom is 0.416 e. The molecule has 0 aromatic heterocycles. The van der Waals surface area contributed by atoms with E-state index in [2.05, 4.69) is 10.4 Å². The van der Waals surface area contributed by atoms with Gasteiger partial charge in [0.15, 0.2) is 5.54 Å². The number of halogens is 6. The topological polar surface area (TPSA) is 106 Å². The molecule has 2 aromatic carbocycles. The Morgan fingerprint density at radius 1 is 1.10 bits per heavy atom. The van der Waals surface area contributed by atoms with Crippen LogP contribution in [0.3, 0.4) is 0 Å². The van der Waals surface area contributed by atoms with Gasteiger partial charge in [-0.05, 0) is 42.2 Å². The Labute approximate surface area is 230 Å². The van der Waals surface area contributed by atoms with Crippen LogP contribution >= 0.6 is 0 Å². The van der Waals surface area contributed by atoms with E-state index in [1.54, 1.807) is 31.2 Å². The number of nitrogens with zero attached hydrogens (tertiary/aromatic N) is 2. The first-order valence-electron chi connectivity index (χ1n) is 12.4. The number of nitrogens with two attached hydrogens (primary N) is 1. The number of benzene rings is 2. The SMILES string of the molecule is CC1=NN(C2=C(c3ccc(C)cc3)CC(c3ccc(OCCCC(F)(F)F)cc3)(C(F)(F)F)NC2=O)[C@H](C(N)=O)O1. The number of carbonyl (C=O) groups is 2. The van der Waals surface area contributed by atoms with Gasteiger partial charge in [0, 0.05) is 19.8 Å². The molecule has 8 nitrogen and oxygen atoms in total. The largest absolute Gasteiger partial charge is 0.494 e. The summed E-state index contributed by atoms with van der Waals surface area (Å²) in [5, 5.41) is 7.00. The molecule has 0 aliphatic carbocycles. The molecule has 0 fully saturated rings. The number of primary amides is 1. The van der Waals surface area contributed by atoms with Crippen molar-refractivity contribution in [3.63, 3.8) is 0 Å². The van der Waals surface area contributed by atoms with Gasteiger partial charge in [-0.2, -0.15) is 26.3 Å². The molecule has 0 spiro atoms. The van der Waals surface area contributed by atoms with Gasteiger partial charge in [0.1, 0.15) is 11.4 Å². The lowest BCUT2D eigenvalue weighted by Gasteiger charge is -2.42. The van der Waals surface area contributed by atoms with Crippen LogP contribution in [0.5, 0.6) is 5.75 Å². The quantitative estimate of drug-likeness (QED) is 0.340. The van der Waals surface area contributed by atoms with Gasteiger partial charge in [-0.15, -0.1) is 5.10 Å². The van der Waals surface area contributed by atoms with Crippen molar-refractivity contribution in [2.24, 2.45) is 10.8 Å². The molecule has 0 bridgehead atoms. The summed E-state index contributed by atoms with van der Waals surface area (Å²) >= 11 is 0. The number of rotatable bonds is 8. The molecule has 2 aliphatic heterocycles. The highest BCUT2D eigenvalue weighted by molar-refractivity contribution is 6.04. The van der Waals surface area contributed by atoms with Gasteiger partial charge in [0.2, 0.25) is 5.90 Å². The molecule has 41 heavy (non-hydrogen) atoms. The standard InChI is InChI=1S/C27H26F6N4O4/c1-15-4-6-17(7-5-15)20-14-25(27(31,32)33,18-8-10-19(11-9-18)40-13-3-12-26(28,29)30)35-23(39)21(20)37-24(22(34)38)41-16(2)36-37/h4-11,24H,3,12-14H2,1-2H3,(H2,34,38)(H,35,39)/t24-,25?/m0/s1. The third-order valence-electron chi connectivity index (χ3n) is 6.60. The van der Waals surface area contributed by atoms with Crippen LogP contribution in [0, 0.1) is 6.92 Å². The molecule has 2 aliphatic rings. The average molecular weight is 585 g/mol. The molecule has 2 heterocycles. The van der Waals surface area contributed by atoms with Gasteiger partial charge in [0.05, 0.1) is 6.61 Å². The van der Waals surface area contributed by atoms with Crippen molar-refractivity contribution in [3.05, 3.63) is 70.9 Å². The van der Waals surface area contributed by atoms with E-state index in [-0.39, 0.29) is 47.1 Å². The summed E-state index contributed by atoms with van der Waals surface area (Å²) in [6.45, 7) is 2.89. The molecule has 2 aromatic rings. The monoisotopic (exact) mass is 584 g/mol. The van der Waals surface area contributed by atoms with E-state index in [4.69, 9.17) is 15.2 Å². The van der Waals surface area contributed by atoms with Crippen LogP contribution in [-0.4, -0.2) is 47.9 Å². The molecule has 1 unspecified atom stereocenters. The fraction of sp³-hybridized carbons (Fsp3) is 0.370. The van der Waals surface area contributed by atoms with Crippen molar-refractivity contribution in [2.45, 2.75) is 57.2 Å². The highest BCUT2D eigenvalue weighted by Gasteiger charge is 2.60. The number of hydrogen-bond acceptors (Lipinski definition) is 6. The van der Waals surface area contributed by atoms with E-state index >= 15 is 0 Å². The number of ether oxygens (including phenoxy) is 2. The average Bonchev–Trinajstić information content (AvgIpc) is 3.27. The minimum Gasteiger partial charge on any atom is -0.494 e. The Hall–Kier alpha value is -4.23. The lowest BCUT2D eigenvalue weighted by atomic mass is 9.77. The highest BCUT2D eigenvalue weighted by Crippen LogP contribution is 2.49. The Balaban J connectivity index is 1.76. The highest BCUT2D eigenvalue weighted by atomic mass is 19.4. The fourth-order valence-corrected chi connectivity index (χ4v) is 4.61. The van der Waals surface area contributed by atoms with Crippen LogP contribution in [0.1, 0.15) is 42.9 Å². The normalized spacial score (nSPS) is 21.4. The second-order valence-corrected chi connectivity index (χ2v) is 9.65. The lowest BCUT2D eigenvalue weighted by Crippen LogP contribution is -2.60. The minimum absolute atomic E-state index is 0.0177. The van der Waals surface area contributed by atoms with Gasteiger partial charge in [0.25, 0.3) is 18.0 Å². The first-order chi connectivity index (χ1) is 19.1. The van der Waals surface area contributed by atoms with Crippen LogP contribution < -0.4 is 15.8 Å². The van der Waals surface area contributed by atoms with Crippen molar-refractivity contribution in [1.82, 2.24) is 10.3 Å². The predicted octanol–water partition coefficient (Wildman–Crippen LogP) is 4.88. The zero-order valence-corrected chi connectivity index (χ0v) is 21.9. The lowest BCUT2D eigenvalue weighted by molar-refractivity contribution is -0.202. The maximum absolute atomic E-state index is 14.9. The Bertz CT molecular complexity index is 1370. The zero-order valence-electron chi connectivity index (χ0n) is 21.9. The minimum atomic E-state index is -5.01. The van der Waals surface area contributed by atoms with Crippen LogP contribution in [0.15, 0.2) is 59.3 Å². The number of carbonyl (C=O) groups excluding carboxylic acids is 2. The Kier molecular flexibility index (Phi) is 7.96. The van der Waals surface area contributed by atoms with Crippen molar-refractivity contribution < 1.29 is 45.4 Å². The molecular weight excluding hydrogens is 558 g/mol. The van der Waals surface area contributed by atoms with E-state index in [1.165, 1.54) is 19.1 Å². The molecule has 2 atom stereocenters. The fourth-order valence-electron chi connectivity index (χ4n) is 4.61. The number of aryl methyl sites for hydroxylation is 1. The summed E-state index contributed by atoms with van der Waals surface area (Å²) < 4.78 is 92.4. The number of hydrogen-bond donors (Lipinski definition) is 2. The predicted molar refractivity (Wildman–Crippen MR) is 135 cm³/mol. The zero-order chi connectivity index (χ0) is 30.2. The van der Waals surface area contributed by atoms with Gasteiger partial charge < -0.3 is 20.5 Å². The van der Waals surface area contributed by atoms with E-state index in [0.29, 0.717) is 0 Å². The molecule has 2 amide bonds. The van der Waals surface area contributed by atoms with E-state index < -0.39 is 48.8 Å². The summed E-state index contributed by atoms with van der Waals surface area (Å²) in [5.41, 5.74) is 2.87. The molecule has 4 rings (SSSR count). The third kappa shape index (κ3) is 6.25. The van der Waals surface area contributed by atoms with Gasteiger partial charge in [-0.1, -0.05) is 42.0 Å². The first kappa shape index (κ1) is 29.7.